The third-order valence-electron chi connectivity index (χ3n) is 2.93. The van der Waals surface area contributed by atoms with Gasteiger partial charge in [0.25, 0.3) is 10.1 Å². The van der Waals surface area contributed by atoms with Crippen molar-refractivity contribution in [2.24, 2.45) is 0 Å². The smallest absolute Gasteiger partial charge is 0.333 e. The molecule has 7 heteroatoms. The molecule has 0 radical (unpaired) electrons. The molecule has 0 saturated heterocycles. The molecular weight excluding hydrogens is 270 g/mol. The Morgan fingerprint density at radius 1 is 1.37 bits per heavy atom. The Hall–Kier alpha value is -0.920. The van der Waals surface area contributed by atoms with Crippen LogP contribution in [-0.4, -0.2) is 62.5 Å². The molecule has 0 aromatic carbocycles. The van der Waals surface area contributed by atoms with Gasteiger partial charge in [0.1, 0.15) is 13.2 Å². The molecule has 0 rings (SSSR count). The predicted molar refractivity (Wildman–Crippen MR) is 73.2 cm³/mol. The Labute approximate surface area is 115 Å². The van der Waals surface area contributed by atoms with Crippen molar-refractivity contribution in [2.45, 2.75) is 25.5 Å². The number of rotatable bonds is 8. The number of ether oxygens (including phenoxy) is 1. The van der Waals surface area contributed by atoms with Gasteiger partial charge in [-0.3, -0.25) is 4.55 Å². The number of esters is 1. The first kappa shape index (κ1) is 18.1. The summed E-state index contributed by atoms with van der Waals surface area (Å²) >= 11 is 0. The molecule has 0 heterocycles. The lowest BCUT2D eigenvalue weighted by molar-refractivity contribution is -0.890. The van der Waals surface area contributed by atoms with E-state index in [-0.39, 0.29) is 6.61 Å². The van der Waals surface area contributed by atoms with Crippen molar-refractivity contribution >= 4 is 16.1 Å². The summed E-state index contributed by atoms with van der Waals surface area (Å²) < 4.78 is 36.2. The normalized spacial score (nSPS) is 13.9. The number of quaternary nitrogens is 1. The first-order chi connectivity index (χ1) is 8.46. The van der Waals surface area contributed by atoms with Crippen molar-refractivity contribution in [3.8, 4) is 0 Å². The Kier molecular flexibility index (Phi) is 6.68. The van der Waals surface area contributed by atoms with Gasteiger partial charge in [-0.25, -0.2) is 4.79 Å². The van der Waals surface area contributed by atoms with E-state index in [1.54, 1.807) is 6.92 Å². The molecule has 1 N–H and O–H groups in total. The van der Waals surface area contributed by atoms with E-state index in [0.29, 0.717) is 29.6 Å². The maximum absolute atomic E-state index is 11.2. The van der Waals surface area contributed by atoms with Crippen molar-refractivity contribution < 1.29 is 27.0 Å². The summed E-state index contributed by atoms with van der Waals surface area (Å²) in [4.78, 5) is 11.2. The van der Waals surface area contributed by atoms with Crippen LogP contribution in [0.1, 0.15) is 20.3 Å². The fourth-order valence-electron chi connectivity index (χ4n) is 1.30. The highest BCUT2D eigenvalue weighted by atomic mass is 32.2. The largest absolute Gasteiger partial charge is 0.456 e. The van der Waals surface area contributed by atoms with E-state index in [2.05, 4.69) is 6.58 Å². The van der Waals surface area contributed by atoms with Gasteiger partial charge in [0.2, 0.25) is 0 Å². The number of hydrogen-bond acceptors (Lipinski definition) is 4. The van der Waals surface area contributed by atoms with Crippen LogP contribution in [0.4, 0.5) is 0 Å². The third kappa shape index (κ3) is 7.97. The molecule has 19 heavy (non-hydrogen) atoms. The van der Waals surface area contributed by atoms with Gasteiger partial charge in [-0.2, -0.15) is 8.42 Å². The second-order valence-corrected chi connectivity index (χ2v) is 7.25. The summed E-state index contributed by atoms with van der Waals surface area (Å²) in [5.74, 6) is -0.425. The highest BCUT2D eigenvalue weighted by molar-refractivity contribution is 7.86. The van der Waals surface area contributed by atoms with Crippen LogP contribution in [0.5, 0.6) is 0 Å². The highest BCUT2D eigenvalue weighted by Gasteiger charge is 2.23. The minimum absolute atomic E-state index is 0.249. The average molecular weight is 294 g/mol. The summed E-state index contributed by atoms with van der Waals surface area (Å²) in [5, 5.41) is -0.789. The van der Waals surface area contributed by atoms with Crippen molar-refractivity contribution in [2.75, 3.05) is 33.8 Å². The van der Waals surface area contributed by atoms with E-state index in [4.69, 9.17) is 9.29 Å². The minimum atomic E-state index is -3.98. The van der Waals surface area contributed by atoms with E-state index in [9.17, 15) is 13.2 Å². The third-order valence-corrected chi connectivity index (χ3v) is 4.18. The summed E-state index contributed by atoms with van der Waals surface area (Å²) in [6, 6.07) is 0. The molecule has 1 unspecified atom stereocenters. The monoisotopic (exact) mass is 294 g/mol. The van der Waals surface area contributed by atoms with Gasteiger partial charge in [-0.1, -0.05) is 6.58 Å². The summed E-state index contributed by atoms with van der Waals surface area (Å²) in [7, 11) is -0.161. The standard InChI is InChI=1S/C12H23NO5S/c1-10(2)12(14)18-9-8-13(4,5)7-6-11(3)19(15,16)17/h11H,1,6-9H2,2-5H3/p+1. The fraction of sp³-hybridized carbons (Fsp3) is 0.750. The maximum Gasteiger partial charge on any atom is 0.333 e. The van der Waals surface area contributed by atoms with Crippen LogP contribution in [0.2, 0.25) is 0 Å². The zero-order chi connectivity index (χ0) is 15.3. The molecule has 6 nitrogen and oxygen atoms in total. The Balaban J connectivity index is 4.13. The second kappa shape index (κ2) is 7.02. The molecule has 0 aromatic heterocycles. The number of likely N-dealkylation sites (N-methyl/N-ethyl adjacent to an activating group) is 1. The maximum atomic E-state index is 11.2. The van der Waals surface area contributed by atoms with Crippen LogP contribution >= 0.6 is 0 Å². The lowest BCUT2D eigenvalue weighted by Gasteiger charge is -2.30. The van der Waals surface area contributed by atoms with Crippen molar-refractivity contribution in [3.63, 3.8) is 0 Å². The average Bonchev–Trinajstić information content (AvgIpc) is 2.24. The minimum Gasteiger partial charge on any atom is -0.456 e. The molecule has 0 aliphatic heterocycles. The van der Waals surface area contributed by atoms with Crippen molar-refractivity contribution in [3.05, 3.63) is 12.2 Å². The van der Waals surface area contributed by atoms with E-state index < -0.39 is 21.3 Å². The molecule has 0 spiro atoms. The van der Waals surface area contributed by atoms with E-state index in [0.717, 1.165) is 0 Å². The number of nitrogens with zero attached hydrogens (tertiary/aromatic N) is 1. The zero-order valence-corrected chi connectivity index (χ0v) is 12.9. The van der Waals surface area contributed by atoms with Gasteiger partial charge in [0.05, 0.1) is 25.9 Å². The Morgan fingerprint density at radius 3 is 2.32 bits per heavy atom. The lowest BCUT2D eigenvalue weighted by Crippen LogP contribution is -2.44. The SMILES string of the molecule is C=C(C)C(=O)OCC[N+](C)(C)CCC(C)S(=O)(=O)O. The molecule has 0 fully saturated rings. The van der Waals surface area contributed by atoms with Gasteiger partial charge < -0.3 is 9.22 Å². The molecular formula is C12H24NO5S+. The van der Waals surface area contributed by atoms with Crippen LogP contribution in [0.25, 0.3) is 0 Å². The summed E-state index contributed by atoms with van der Waals surface area (Å²) in [5.41, 5.74) is 0.352. The van der Waals surface area contributed by atoms with Crippen LogP contribution < -0.4 is 0 Å². The molecule has 1 atom stereocenters. The van der Waals surface area contributed by atoms with E-state index >= 15 is 0 Å². The fourth-order valence-corrected chi connectivity index (χ4v) is 1.70. The van der Waals surface area contributed by atoms with Crippen molar-refractivity contribution in [1.82, 2.24) is 0 Å². The van der Waals surface area contributed by atoms with E-state index in [1.807, 2.05) is 14.1 Å². The predicted octanol–water partition coefficient (Wildman–Crippen LogP) is 0.849. The van der Waals surface area contributed by atoms with Gasteiger partial charge in [-0.15, -0.1) is 0 Å². The van der Waals surface area contributed by atoms with Crippen LogP contribution in [0.15, 0.2) is 12.2 Å². The Morgan fingerprint density at radius 2 is 1.89 bits per heavy atom. The van der Waals surface area contributed by atoms with Crippen LogP contribution in [0, 0.1) is 0 Å². The second-order valence-electron chi connectivity index (χ2n) is 5.41. The molecule has 0 amide bonds. The summed E-state index contributed by atoms with van der Waals surface area (Å²) in [6.45, 7) is 7.91. The first-order valence-electron chi connectivity index (χ1n) is 6.06. The van der Waals surface area contributed by atoms with Gasteiger partial charge in [0, 0.05) is 12.0 Å². The van der Waals surface area contributed by atoms with Gasteiger partial charge in [0.15, 0.2) is 0 Å². The number of hydrogen-bond donors (Lipinski definition) is 1. The van der Waals surface area contributed by atoms with Crippen molar-refractivity contribution in [1.29, 1.82) is 0 Å². The molecule has 0 bridgehead atoms. The molecule has 112 valence electrons. The van der Waals surface area contributed by atoms with Gasteiger partial charge in [-0.05, 0) is 13.8 Å². The first-order valence-corrected chi connectivity index (χ1v) is 7.57. The van der Waals surface area contributed by atoms with Crippen LogP contribution in [0.3, 0.4) is 0 Å². The lowest BCUT2D eigenvalue weighted by atomic mass is 10.3. The van der Waals surface area contributed by atoms with Gasteiger partial charge >= 0.3 is 5.97 Å². The quantitative estimate of drug-likeness (QED) is 0.311. The topological polar surface area (TPSA) is 80.7 Å². The molecule has 0 aromatic rings. The summed E-state index contributed by atoms with van der Waals surface area (Å²) in [6.07, 6.45) is 0.347. The molecule has 0 aliphatic rings. The van der Waals surface area contributed by atoms with E-state index in [1.165, 1.54) is 6.92 Å². The number of carbonyl (C=O) groups is 1. The molecule has 0 aliphatic carbocycles. The highest BCUT2D eigenvalue weighted by Crippen LogP contribution is 2.08. The number of carbonyl (C=O) groups excluding carboxylic acids is 1. The van der Waals surface area contributed by atoms with Crippen LogP contribution in [-0.2, 0) is 19.6 Å². The zero-order valence-electron chi connectivity index (χ0n) is 12.0. The molecule has 0 saturated carbocycles. The Bertz CT molecular complexity index is 427.